The summed E-state index contributed by atoms with van der Waals surface area (Å²) < 4.78 is 0. The van der Waals surface area contributed by atoms with Gasteiger partial charge in [-0.3, -0.25) is 0 Å². The Morgan fingerprint density at radius 3 is 2.21 bits per heavy atom. The molecule has 0 amide bonds. The van der Waals surface area contributed by atoms with Gasteiger partial charge in [0, 0.05) is 13.1 Å². The zero-order valence-electron chi connectivity index (χ0n) is 8.02. The molecule has 1 rings (SSSR count). The van der Waals surface area contributed by atoms with Gasteiger partial charge in [0.2, 0.25) is 0 Å². The zero-order chi connectivity index (χ0) is 10.7. The lowest BCUT2D eigenvalue weighted by atomic mass is 10.4. The largest absolute Gasteiger partial charge is 0.356 e. The molecule has 0 saturated carbocycles. The molecule has 0 spiro atoms. The molecular weight excluding hydrogens is 242 g/mol. The summed E-state index contributed by atoms with van der Waals surface area (Å²) in [5, 5.41) is 1.20. The van der Waals surface area contributed by atoms with Crippen LogP contribution in [-0.4, -0.2) is 18.1 Å². The molecule has 1 aromatic heterocycles. The first kappa shape index (κ1) is 11.9. The zero-order valence-corrected chi connectivity index (χ0v) is 10.3. The minimum atomic E-state index is 0.290. The van der Waals surface area contributed by atoms with E-state index in [4.69, 9.17) is 34.8 Å². The van der Waals surface area contributed by atoms with Gasteiger partial charge < -0.3 is 4.90 Å². The number of hydrogen-bond acceptors (Lipinski definition) is 2. The van der Waals surface area contributed by atoms with Gasteiger partial charge >= 0.3 is 0 Å². The van der Waals surface area contributed by atoms with Crippen LogP contribution in [0.1, 0.15) is 13.8 Å². The lowest BCUT2D eigenvalue weighted by molar-refractivity contribution is 0.846. The number of hydrogen-bond donors (Lipinski definition) is 0. The second kappa shape index (κ2) is 5.06. The predicted octanol–water partition coefficient (Wildman–Crippen LogP) is 3.89. The van der Waals surface area contributed by atoms with E-state index in [-0.39, 0.29) is 5.15 Å². The van der Waals surface area contributed by atoms with Crippen molar-refractivity contribution in [2.24, 2.45) is 0 Å². The minimum Gasteiger partial charge on any atom is -0.356 e. The van der Waals surface area contributed by atoms with Gasteiger partial charge in [0.05, 0.1) is 10.0 Å². The standard InChI is InChI=1S/C9H11Cl3N2/c1-3-14(4-2)9-7(11)5-6(10)8(12)13-9/h5H,3-4H2,1-2H3. The highest BCUT2D eigenvalue weighted by atomic mass is 35.5. The van der Waals surface area contributed by atoms with Crippen molar-refractivity contribution in [1.82, 2.24) is 4.98 Å². The fourth-order valence-electron chi connectivity index (χ4n) is 1.18. The first-order chi connectivity index (χ1) is 6.60. The molecule has 0 fully saturated rings. The highest BCUT2D eigenvalue weighted by molar-refractivity contribution is 6.42. The van der Waals surface area contributed by atoms with Gasteiger partial charge in [0.1, 0.15) is 11.0 Å². The van der Waals surface area contributed by atoms with Crippen molar-refractivity contribution in [2.75, 3.05) is 18.0 Å². The van der Waals surface area contributed by atoms with Crippen LogP contribution in [0.3, 0.4) is 0 Å². The molecule has 0 aliphatic heterocycles. The molecule has 2 nitrogen and oxygen atoms in total. The van der Waals surface area contributed by atoms with Gasteiger partial charge in [-0.2, -0.15) is 0 Å². The fraction of sp³-hybridized carbons (Fsp3) is 0.444. The van der Waals surface area contributed by atoms with Crippen LogP contribution in [0.25, 0.3) is 0 Å². The summed E-state index contributed by atoms with van der Waals surface area (Å²) in [5.74, 6) is 0.686. The first-order valence-corrected chi connectivity index (χ1v) is 5.50. The number of halogens is 3. The molecule has 0 radical (unpaired) electrons. The summed E-state index contributed by atoms with van der Waals surface area (Å²) in [7, 11) is 0. The Kier molecular flexibility index (Phi) is 4.30. The molecular formula is C9H11Cl3N2. The molecule has 0 aliphatic rings. The topological polar surface area (TPSA) is 16.1 Å². The molecule has 0 saturated heterocycles. The second-order valence-corrected chi connectivity index (χ2v) is 3.91. The van der Waals surface area contributed by atoms with Gasteiger partial charge in [-0.25, -0.2) is 4.98 Å². The number of aromatic nitrogens is 1. The lowest BCUT2D eigenvalue weighted by Crippen LogP contribution is -2.23. The minimum absolute atomic E-state index is 0.290. The number of rotatable bonds is 3. The number of nitrogens with zero attached hydrogens (tertiary/aromatic N) is 2. The molecule has 0 unspecified atom stereocenters. The van der Waals surface area contributed by atoms with Crippen molar-refractivity contribution >= 4 is 40.6 Å². The van der Waals surface area contributed by atoms with Gasteiger partial charge in [-0.1, -0.05) is 34.8 Å². The quantitative estimate of drug-likeness (QED) is 0.760. The van der Waals surface area contributed by atoms with E-state index < -0.39 is 0 Å². The second-order valence-electron chi connectivity index (χ2n) is 2.74. The van der Waals surface area contributed by atoms with Crippen LogP contribution < -0.4 is 4.90 Å². The maximum atomic E-state index is 6.01. The van der Waals surface area contributed by atoms with Crippen LogP contribution in [0.5, 0.6) is 0 Å². The van der Waals surface area contributed by atoms with E-state index in [0.29, 0.717) is 15.9 Å². The number of pyridine rings is 1. The molecule has 1 heterocycles. The maximum Gasteiger partial charge on any atom is 0.150 e. The van der Waals surface area contributed by atoms with Crippen LogP contribution in [0.4, 0.5) is 5.82 Å². The smallest absolute Gasteiger partial charge is 0.150 e. The van der Waals surface area contributed by atoms with Crippen molar-refractivity contribution in [2.45, 2.75) is 13.8 Å². The van der Waals surface area contributed by atoms with Crippen LogP contribution in [0, 0.1) is 0 Å². The van der Waals surface area contributed by atoms with E-state index >= 15 is 0 Å². The van der Waals surface area contributed by atoms with Crippen molar-refractivity contribution in [3.63, 3.8) is 0 Å². The Balaban J connectivity index is 3.14. The third-order valence-corrected chi connectivity index (χ3v) is 2.88. The first-order valence-electron chi connectivity index (χ1n) is 4.36. The third-order valence-electron chi connectivity index (χ3n) is 1.93. The van der Waals surface area contributed by atoms with Crippen molar-refractivity contribution in [1.29, 1.82) is 0 Å². The molecule has 1 aromatic rings. The van der Waals surface area contributed by atoms with E-state index in [1.54, 1.807) is 6.07 Å². The Morgan fingerprint density at radius 1 is 1.14 bits per heavy atom. The molecule has 78 valence electrons. The van der Waals surface area contributed by atoms with E-state index in [1.165, 1.54) is 0 Å². The Labute approximate surface area is 98.8 Å². The van der Waals surface area contributed by atoms with Gasteiger partial charge in [-0.15, -0.1) is 0 Å². The summed E-state index contributed by atoms with van der Waals surface area (Å²) in [6.07, 6.45) is 0. The van der Waals surface area contributed by atoms with Crippen LogP contribution >= 0.6 is 34.8 Å². The van der Waals surface area contributed by atoms with Crippen LogP contribution in [-0.2, 0) is 0 Å². The van der Waals surface area contributed by atoms with Crippen molar-refractivity contribution in [3.05, 3.63) is 21.3 Å². The highest BCUT2D eigenvalue weighted by Crippen LogP contribution is 2.30. The Morgan fingerprint density at radius 2 is 1.71 bits per heavy atom. The maximum absolute atomic E-state index is 6.01. The Bertz CT molecular complexity index is 324. The monoisotopic (exact) mass is 252 g/mol. The normalized spacial score (nSPS) is 10.4. The van der Waals surface area contributed by atoms with E-state index in [1.807, 2.05) is 18.7 Å². The molecule has 0 N–H and O–H groups in total. The Hall–Kier alpha value is -0.180. The summed E-state index contributed by atoms with van der Waals surface area (Å²) in [6.45, 7) is 5.73. The molecule has 0 aromatic carbocycles. The van der Waals surface area contributed by atoms with Gasteiger partial charge in [0.15, 0.2) is 0 Å². The average molecular weight is 254 g/mol. The highest BCUT2D eigenvalue weighted by Gasteiger charge is 2.11. The fourth-order valence-corrected chi connectivity index (χ4v) is 1.79. The molecule has 5 heteroatoms. The summed E-state index contributed by atoms with van der Waals surface area (Å²) in [5.41, 5.74) is 0. The van der Waals surface area contributed by atoms with Crippen molar-refractivity contribution in [3.8, 4) is 0 Å². The van der Waals surface area contributed by atoms with E-state index in [0.717, 1.165) is 13.1 Å². The van der Waals surface area contributed by atoms with E-state index in [9.17, 15) is 0 Å². The summed E-state index contributed by atoms with van der Waals surface area (Å²) in [4.78, 5) is 6.16. The summed E-state index contributed by atoms with van der Waals surface area (Å²) >= 11 is 17.6. The lowest BCUT2D eigenvalue weighted by Gasteiger charge is -2.21. The van der Waals surface area contributed by atoms with Gasteiger partial charge in [0.25, 0.3) is 0 Å². The number of anilines is 1. The molecule has 14 heavy (non-hydrogen) atoms. The predicted molar refractivity (Wildman–Crippen MR) is 62.8 cm³/mol. The SMILES string of the molecule is CCN(CC)c1nc(Cl)c(Cl)cc1Cl. The van der Waals surface area contributed by atoms with Crippen LogP contribution in [0.15, 0.2) is 6.07 Å². The third kappa shape index (κ3) is 2.44. The molecule has 0 atom stereocenters. The van der Waals surface area contributed by atoms with Crippen molar-refractivity contribution < 1.29 is 0 Å². The molecule has 0 aliphatic carbocycles. The van der Waals surface area contributed by atoms with E-state index in [2.05, 4.69) is 4.98 Å². The molecule has 0 bridgehead atoms. The summed E-state index contributed by atoms with van der Waals surface area (Å²) in [6, 6.07) is 1.62. The van der Waals surface area contributed by atoms with Gasteiger partial charge in [-0.05, 0) is 19.9 Å². The average Bonchev–Trinajstić information content (AvgIpc) is 2.15. The van der Waals surface area contributed by atoms with Crippen LogP contribution in [0.2, 0.25) is 15.2 Å².